The van der Waals surface area contributed by atoms with Crippen LogP contribution in [0.2, 0.25) is 0 Å². The molecule has 126 valence electrons. The summed E-state index contributed by atoms with van der Waals surface area (Å²) in [5, 5.41) is 3.84. The topological polar surface area (TPSA) is 74.4 Å². The molecule has 1 atom stereocenters. The number of nitrogens with one attached hydrogen (secondary N) is 2. The van der Waals surface area contributed by atoms with Crippen molar-refractivity contribution in [2.24, 2.45) is 0 Å². The van der Waals surface area contributed by atoms with Gasteiger partial charge in [0.25, 0.3) is 5.91 Å². The van der Waals surface area contributed by atoms with Crippen molar-refractivity contribution < 1.29 is 14.3 Å². The lowest BCUT2D eigenvalue weighted by molar-refractivity contribution is -0.118. The number of imide groups is 1. The van der Waals surface area contributed by atoms with Gasteiger partial charge in [0, 0.05) is 23.5 Å². The van der Waals surface area contributed by atoms with Gasteiger partial charge in [-0.3, -0.25) is 4.79 Å². The number of benzene rings is 2. The van der Waals surface area contributed by atoms with Crippen LogP contribution in [0.5, 0.6) is 5.75 Å². The highest BCUT2D eigenvalue weighted by Gasteiger charge is 2.39. The third kappa shape index (κ3) is 2.61. The minimum absolute atomic E-state index is 0.250. The summed E-state index contributed by atoms with van der Waals surface area (Å²) in [6.07, 6.45) is 2.33. The van der Waals surface area contributed by atoms with Crippen LogP contribution in [0.4, 0.5) is 10.5 Å². The zero-order valence-electron chi connectivity index (χ0n) is 13.7. The van der Waals surface area contributed by atoms with Gasteiger partial charge < -0.3 is 15.0 Å². The molecule has 0 bridgehead atoms. The Hall–Kier alpha value is -3.28. The number of methoxy groups -OCH3 is 1. The summed E-state index contributed by atoms with van der Waals surface area (Å²) in [4.78, 5) is 29.4. The summed E-state index contributed by atoms with van der Waals surface area (Å²) < 4.78 is 5.11. The Morgan fingerprint density at radius 3 is 2.60 bits per heavy atom. The lowest BCUT2D eigenvalue weighted by atomic mass is 10.0. The number of rotatable bonds is 4. The van der Waals surface area contributed by atoms with Crippen LogP contribution in [0, 0.1) is 0 Å². The van der Waals surface area contributed by atoms with E-state index in [-0.39, 0.29) is 5.91 Å². The molecule has 0 saturated carbocycles. The van der Waals surface area contributed by atoms with E-state index in [0.29, 0.717) is 17.9 Å². The highest BCUT2D eigenvalue weighted by atomic mass is 16.5. The van der Waals surface area contributed by atoms with Crippen LogP contribution in [-0.2, 0) is 11.2 Å². The van der Waals surface area contributed by atoms with E-state index in [4.69, 9.17) is 4.74 Å². The van der Waals surface area contributed by atoms with Crippen molar-refractivity contribution in [3.63, 3.8) is 0 Å². The number of aromatic amines is 1. The number of ether oxygens (including phenoxy) is 1. The molecule has 2 heterocycles. The lowest BCUT2D eigenvalue weighted by Crippen LogP contribution is -2.32. The van der Waals surface area contributed by atoms with Crippen molar-refractivity contribution in [1.29, 1.82) is 0 Å². The second-order valence-corrected chi connectivity index (χ2v) is 5.94. The third-order valence-corrected chi connectivity index (χ3v) is 4.45. The molecule has 1 aromatic heterocycles. The highest BCUT2D eigenvalue weighted by Crippen LogP contribution is 2.25. The first kappa shape index (κ1) is 15.3. The van der Waals surface area contributed by atoms with Gasteiger partial charge in [0.15, 0.2) is 0 Å². The summed E-state index contributed by atoms with van der Waals surface area (Å²) in [6, 6.07) is 13.8. The Bertz CT molecular complexity index is 946. The lowest BCUT2D eigenvalue weighted by Gasteiger charge is -2.13. The fourth-order valence-electron chi connectivity index (χ4n) is 3.17. The Morgan fingerprint density at radius 2 is 1.84 bits per heavy atom. The molecular weight excluding hydrogens is 318 g/mol. The number of aromatic nitrogens is 1. The predicted molar refractivity (Wildman–Crippen MR) is 94.8 cm³/mol. The molecule has 4 rings (SSSR count). The van der Waals surface area contributed by atoms with Crippen molar-refractivity contribution in [3.8, 4) is 5.75 Å². The van der Waals surface area contributed by atoms with Gasteiger partial charge in [-0.15, -0.1) is 0 Å². The summed E-state index contributed by atoms with van der Waals surface area (Å²) in [5.74, 6) is 0.423. The fraction of sp³-hybridized carbons (Fsp3) is 0.158. The number of hydrogen-bond acceptors (Lipinski definition) is 3. The van der Waals surface area contributed by atoms with E-state index in [1.54, 1.807) is 31.4 Å². The number of anilines is 1. The van der Waals surface area contributed by atoms with Crippen molar-refractivity contribution >= 4 is 28.5 Å². The number of nitrogens with zero attached hydrogens (tertiary/aromatic N) is 1. The molecule has 2 N–H and O–H groups in total. The maximum absolute atomic E-state index is 12.7. The molecule has 1 aliphatic rings. The maximum atomic E-state index is 12.7. The monoisotopic (exact) mass is 335 g/mol. The highest BCUT2D eigenvalue weighted by molar-refractivity contribution is 6.21. The molecule has 2 aromatic carbocycles. The molecule has 3 amide bonds. The number of carbonyl (C=O) groups excluding carboxylic acids is 2. The van der Waals surface area contributed by atoms with Crippen molar-refractivity contribution in [2.75, 3.05) is 12.0 Å². The van der Waals surface area contributed by atoms with Crippen LogP contribution >= 0.6 is 0 Å². The quantitative estimate of drug-likeness (QED) is 0.720. The van der Waals surface area contributed by atoms with Crippen LogP contribution < -0.4 is 15.0 Å². The van der Waals surface area contributed by atoms with Gasteiger partial charge in [-0.05, 0) is 35.9 Å². The van der Waals surface area contributed by atoms with E-state index < -0.39 is 12.1 Å². The summed E-state index contributed by atoms with van der Waals surface area (Å²) in [5.41, 5.74) is 2.55. The molecule has 1 aliphatic heterocycles. The molecule has 0 spiro atoms. The van der Waals surface area contributed by atoms with E-state index in [0.717, 1.165) is 16.5 Å². The number of para-hydroxylation sites is 1. The third-order valence-electron chi connectivity index (χ3n) is 4.45. The SMILES string of the molecule is COc1ccc(N2C(=O)N[C@@H](Cc3c[nH]c4ccccc34)C2=O)cc1. The molecule has 3 aromatic rings. The molecule has 0 aliphatic carbocycles. The van der Waals surface area contributed by atoms with Gasteiger partial charge in [0.05, 0.1) is 12.8 Å². The van der Waals surface area contributed by atoms with Crippen molar-refractivity contribution in [2.45, 2.75) is 12.5 Å². The molecule has 0 unspecified atom stereocenters. The van der Waals surface area contributed by atoms with Crippen LogP contribution in [0.3, 0.4) is 0 Å². The second-order valence-electron chi connectivity index (χ2n) is 5.94. The minimum Gasteiger partial charge on any atom is -0.497 e. The summed E-state index contributed by atoms with van der Waals surface area (Å²) in [7, 11) is 1.57. The van der Waals surface area contributed by atoms with E-state index >= 15 is 0 Å². The van der Waals surface area contributed by atoms with E-state index in [9.17, 15) is 9.59 Å². The Labute approximate surface area is 144 Å². The number of carbonyl (C=O) groups is 2. The molecule has 1 fully saturated rings. The second kappa shape index (κ2) is 5.98. The van der Waals surface area contributed by atoms with Gasteiger partial charge in [-0.1, -0.05) is 18.2 Å². The zero-order chi connectivity index (χ0) is 17.4. The molecule has 0 radical (unpaired) electrons. The number of urea groups is 1. The summed E-state index contributed by atoms with van der Waals surface area (Å²) >= 11 is 0. The van der Waals surface area contributed by atoms with Crippen LogP contribution in [0.15, 0.2) is 54.7 Å². The number of amides is 3. The largest absolute Gasteiger partial charge is 0.497 e. The van der Waals surface area contributed by atoms with Crippen LogP contribution in [0.25, 0.3) is 10.9 Å². The van der Waals surface area contributed by atoms with Gasteiger partial charge >= 0.3 is 6.03 Å². The minimum atomic E-state index is -0.575. The average Bonchev–Trinajstić information content (AvgIpc) is 3.17. The van der Waals surface area contributed by atoms with Gasteiger partial charge in [-0.25, -0.2) is 9.69 Å². The zero-order valence-corrected chi connectivity index (χ0v) is 13.7. The normalized spacial score (nSPS) is 17.2. The molecular formula is C19H17N3O3. The van der Waals surface area contributed by atoms with Crippen LogP contribution in [0.1, 0.15) is 5.56 Å². The standard InChI is InChI=1S/C19H17N3O3/c1-25-14-8-6-13(7-9-14)22-18(23)17(21-19(22)24)10-12-11-20-16-5-3-2-4-15(12)16/h2-9,11,17,20H,10H2,1H3,(H,21,24)/t17-/m0/s1. The maximum Gasteiger partial charge on any atom is 0.329 e. The average molecular weight is 335 g/mol. The summed E-state index contributed by atoms with van der Waals surface area (Å²) in [6.45, 7) is 0. The first-order valence-electron chi connectivity index (χ1n) is 8.01. The molecule has 6 heteroatoms. The first-order valence-corrected chi connectivity index (χ1v) is 8.01. The smallest absolute Gasteiger partial charge is 0.329 e. The number of hydrogen-bond donors (Lipinski definition) is 2. The fourth-order valence-corrected chi connectivity index (χ4v) is 3.17. The number of H-pyrrole nitrogens is 1. The van der Waals surface area contributed by atoms with Crippen LogP contribution in [-0.4, -0.2) is 30.1 Å². The Balaban J connectivity index is 1.58. The van der Waals surface area contributed by atoms with Gasteiger partial charge in [0.2, 0.25) is 0 Å². The predicted octanol–water partition coefficient (Wildman–Crippen LogP) is 2.84. The first-order chi connectivity index (χ1) is 12.2. The van der Waals surface area contributed by atoms with Crippen molar-refractivity contribution in [3.05, 3.63) is 60.3 Å². The Morgan fingerprint density at radius 1 is 1.08 bits per heavy atom. The number of fused-ring (bicyclic) bond motifs is 1. The molecule has 6 nitrogen and oxygen atoms in total. The molecule has 1 saturated heterocycles. The van der Waals surface area contributed by atoms with E-state index in [1.165, 1.54) is 4.90 Å². The van der Waals surface area contributed by atoms with Gasteiger partial charge in [0.1, 0.15) is 11.8 Å². The van der Waals surface area contributed by atoms with Gasteiger partial charge in [-0.2, -0.15) is 0 Å². The van der Waals surface area contributed by atoms with Crippen molar-refractivity contribution in [1.82, 2.24) is 10.3 Å². The Kier molecular flexibility index (Phi) is 3.65. The molecule has 25 heavy (non-hydrogen) atoms. The van der Waals surface area contributed by atoms with E-state index in [1.807, 2.05) is 30.5 Å². The van der Waals surface area contributed by atoms with E-state index in [2.05, 4.69) is 10.3 Å².